The predicted molar refractivity (Wildman–Crippen MR) is 183 cm³/mol. The summed E-state index contributed by atoms with van der Waals surface area (Å²) in [5.41, 5.74) is 0. The van der Waals surface area contributed by atoms with Gasteiger partial charge >= 0.3 is 11.9 Å². The van der Waals surface area contributed by atoms with Crippen molar-refractivity contribution in [3.05, 3.63) is 12.2 Å². The smallest absolute Gasteiger partial charge is 0.306 e. The van der Waals surface area contributed by atoms with Crippen LogP contribution in [0.3, 0.4) is 0 Å². The van der Waals surface area contributed by atoms with E-state index in [-0.39, 0.29) is 32.0 Å². The number of allylic oxidation sites excluding steroid dienone is 2. The van der Waals surface area contributed by atoms with E-state index < -0.39 is 49.4 Å². The molecule has 0 saturated carbocycles. The van der Waals surface area contributed by atoms with Crippen LogP contribution in [0, 0.1) is 0 Å². The van der Waals surface area contributed by atoms with Gasteiger partial charge in [0.15, 0.2) is 12.4 Å². The number of hydrogen-bond acceptors (Lipinski definition) is 10. The molecular weight excluding hydrogens is 604 g/mol. The van der Waals surface area contributed by atoms with Gasteiger partial charge in [0.25, 0.3) is 0 Å². The average molecular weight is 673 g/mol. The Bertz CT molecular complexity index is 789. The van der Waals surface area contributed by atoms with Gasteiger partial charge in [0.2, 0.25) is 0 Å². The molecule has 10 heteroatoms. The van der Waals surface area contributed by atoms with Crippen molar-refractivity contribution in [2.45, 2.75) is 192 Å². The van der Waals surface area contributed by atoms with Crippen LogP contribution >= 0.6 is 0 Å². The minimum absolute atomic E-state index is 0.217. The lowest BCUT2D eigenvalue weighted by molar-refractivity contribution is -0.305. The van der Waals surface area contributed by atoms with Gasteiger partial charge in [-0.25, -0.2) is 0 Å². The molecule has 0 amide bonds. The zero-order valence-electron chi connectivity index (χ0n) is 29.5. The van der Waals surface area contributed by atoms with Gasteiger partial charge in [-0.3, -0.25) is 9.59 Å². The number of hydrogen-bond donors (Lipinski definition) is 4. The van der Waals surface area contributed by atoms with E-state index in [9.17, 15) is 30.0 Å². The first-order valence-corrected chi connectivity index (χ1v) is 18.8. The van der Waals surface area contributed by atoms with E-state index >= 15 is 0 Å². The standard InChI is InChI=1S/C37H68O10/c1-3-5-7-9-11-13-14-15-16-18-20-22-24-26-33(40)46-30(29-45-37-36(43)35(42)34(41)31(27-38)47-37)28-44-32(39)25-23-21-19-17-12-10-8-6-4-2/h13-14,30-31,34-38,41-43H,3-12,15-29H2,1-2H3/b14-13+/t30-,31-,34+,35?,36?,37-/m1/s1. The van der Waals surface area contributed by atoms with Crippen molar-refractivity contribution in [2.24, 2.45) is 0 Å². The van der Waals surface area contributed by atoms with Gasteiger partial charge in [-0.1, -0.05) is 116 Å². The van der Waals surface area contributed by atoms with E-state index in [0.29, 0.717) is 6.42 Å². The highest BCUT2D eigenvalue weighted by molar-refractivity contribution is 5.70. The molecule has 1 rings (SSSR count). The third-order valence-electron chi connectivity index (χ3n) is 8.65. The summed E-state index contributed by atoms with van der Waals surface area (Å²) in [6.45, 7) is 3.35. The van der Waals surface area contributed by atoms with E-state index in [2.05, 4.69) is 26.0 Å². The van der Waals surface area contributed by atoms with Crippen molar-refractivity contribution in [2.75, 3.05) is 19.8 Å². The number of carbonyl (C=O) groups excluding carboxylic acids is 2. The molecule has 47 heavy (non-hydrogen) atoms. The van der Waals surface area contributed by atoms with Crippen molar-refractivity contribution in [3.8, 4) is 0 Å². The molecule has 1 aliphatic rings. The molecule has 0 aliphatic carbocycles. The van der Waals surface area contributed by atoms with E-state index in [1.807, 2.05) is 0 Å². The minimum Gasteiger partial charge on any atom is -0.462 e. The Hall–Kier alpha value is -1.56. The Labute approximate surface area is 284 Å². The third-order valence-corrected chi connectivity index (χ3v) is 8.65. The molecule has 0 radical (unpaired) electrons. The Morgan fingerprint density at radius 2 is 1.13 bits per heavy atom. The van der Waals surface area contributed by atoms with Crippen molar-refractivity contribution >= 4 is 11.9 Å². The number of carbonyl (C=O) groups is 2. The molecule has 0 aromatic rings. The van der Waals surface area contributed by atoms with Crippen LogP contribution in [0.4, 0.5) is 0 Å². The highest BCUT2D eigenvalue weighted by Crippen LogP contribution is 2.22. The fourth-order valence-electron chi connectivity index (χ4n) is 5.59. The van der Waals surface area contributed by atoms with Crippen LogP contribution in [0.1, 0.15) is 155 Å². The highest BCUT2D eigenvalue weighted by atomic mass is 16.7. The molecule has 4 N–H and O–H groups in total. The molecule has 0 spiro atoms. The Morgan fingerprint density at radius 1 is 0.638 bits per heavy atom. The van der Waals surface area contributed by atoms with Gasteiger partial charge in [-0.15, -0.1) is 0 Å². The van der Waals surface area contributed by atoms with Gasteiger partial charge in [0, 0.05) is 12.8 Å². The average Bonchev–Trinajstić information content (AvgIpc) is 3.06. The summed E-state index contributed by atoms with van der Waals surface area (Å²) in [7, 11) is 0. The fourth-order valence-corrected chi connectivity index (χ4v) is 5.59. The molecule has 0 bridgehead atoms. The lowest BCUT2D eigenvalue weighted by Gasteiger charge is -2.39. The SMILES string of the molecule is CCCCCC/C=C/CCCCCCCC(=O)O[C@H](COC(=O)CCCCCCCCCCC)CO[C@@H]1O[C@H](CO)[C@H](O)C(O)C1O. The number of esters is 2. The maximum absolute atomic E-state index is 12.6. The molecule has 1 heterocycles. The Morgan fingerprint density at radius 3 is 1.68 bits per heavy atom. The van der Waals surface area contributed by atoms with Crippen LogP contribution in [0.5, 0.6) is 0 Å². The van der Waals surface area contributed by atoms with Gasteiger partial charge in [0.05, 0.1) is 13.2 Å². The molecular formula is C37H68O10. The fraction of sp³-hybridized carbons (Fsp3) is 0.892. The van der Waals surface area contributed by atoms with E-state index in [0.717, 1.165) is 57.8 Å². The number of unbranched alkanes of at least 4 members (excludes halogenated alkanes) is 17. The van der Waals surface area contributed by atoms with E-state index in [1.54, 1.807) is 0 Å². The zero-order chi connectivity index (χ0) is 34.5. The number of rotatable bonds is 30. The first-order chi connectivity index (χ1) is 22.8. The van der Waals surface area contributed by atoms with Crippen LogP contribution in [0.25, 0.3) is 0 Å². The summed E-state index contributed by atoms with van der Waals surface area (Å²) in [4.78, 5) is 25.1. The van der Waals surface area contributed by atoms with E-state index in [4.69, 9.17) is 18.9 Å². The number of ether oxygens (including phenoxy) is 4. The second-order valence-electron chi connectivity index (χ2n) is 13.0. The molecule has 6 atom stereocenters. The summed E-state index contributed by atoms with van der Waals surface area (Å²) in [6.07, 6.45) is 19.4. The second kappa shape index (κ2) is 29.4. The quantitative estimate of drug-likeness (QED) is 0.0381. The largest absolute Gasteiger partial charge is 0.462 e. The highest BCUT2D eigenvalue weighted by Gasteiger charge is 2.44. The maximum atomic E-state index is 12.6. The van der Waals surface area contributed by atoms with Crippen molar-refractivity contribution in [1.29, 1.82) is 0 Å². The van der Waals surface area contributed by atoms with E-state index in [1.165, 1.54) is 64.2 Å². The normalized spacial score (nSPS) is 22.0. The molecule has 1 saturated heterocycles. The van der Waals surface area contributed by atoms with Gasteiger partial charge in [0.1, 0.15) is 31.0 Å². The molecule has 0 aromatic heterocycles. The van der Waals surface area contributed by atoms with Crippen molar-refractivity contribution in [3.63, 3.8) is 0 Å². The van der Waals surface area contributed by atoms with Gasteiger partial charge in [-0.2, -0.15) is 0 Å². The molecule has 1 fully saturated rings. The topological polar surface area (TPSA) is 152 Å². The summed E-state index contributed by atoms with van der Waals surface area (Å²) < 4.78 is 22.0. The lowest BCUT2D eigenvalue weighted by atomic mass is 9.99. The Kier molecular flexibility index (Phi) is 27.2. The van der Waals surface area contributed by atoms with Crippen molar-refractivity contribution in [1.82, 2.24) is 0 Å². The van der Waals surface area contributed by atoms with Crippen LogP contribution in [0.15, 0.2) is 12.2 Å². The lowest BCUT2D eigenvalue weighted by Crippen LogP contribution is -2.59. The number of aliphatic hydroxyl groups excluding tert-OH is 4. The summed E-state index contributed by atoms with van der Waals surface area (Å²) >= 11 is 0. The summed E-state index contributed by atoms with van der Waals surface area (Å²) in [5, 5.41) is 39.8. The summed E-state index contributed by atoms with van der Waals surface area (Å²) in [5.74, 6) is -0.818. The minimum atomic E-state index is -1.59. The third kappa shape index (κ3) is 21.9. The van der Waals surface area contributed by atoms with Crippen LogP contribution < -0.4 is 0 Å². The monoisotopic (exact) mass is 672 g/mol. The van der Waals surface area contributed by atoms with Gasteiger partial charge < -0.3 is 39.4 Å². The first kappa shape index (κ1) is 43.5. The first-order valence-electron chi connectivity index (χ1n) is 18.8. The number of aliphatic hydroxyl groups is 4. The maximum Gasteiger partial charge on any atom is 0.306 e. The predicted octanol–water partition coefficient (Wildman–Crippen LogP) is 6.44. The molecule has 10 nitrogen and oxygen atoms in total. The van der Waals surface area contributed by atoms with Crippen molar-refractivity contribution < 1.29 is 49.0 Å². The Balaban J connectivity index is 2.42. The van der Waals surface area contributed by atoms with Gasteiger partial charge in [-0.05, 0) is 38.5 Å². The molecule has 0 aromatic carbocycles. The molecule has 1 aliphatic heterocycles. The summed E-state index contributed by atoms with van der Waals surface area (Å²) in [6, 6.07) is 0. The molecule has 276 valence electrons. The zero-order valence-corrected chi connectivity index (χ0v) is 29.5. The van der Waals surface area contributed by atoms with Crippen LogP contribution in [0.2, 0.25) is 0 Å². The molecule has 2 unspecified atom stereocenters. The van der Waals surface area contributed by atoms with Crippen LogP contribution in [-0.2, 0) is 28.5 Å². The second-order valence-corrected chi connectivity index (χ2v) is 13.0. The van der Waals surface area contributed by atoms with Crippen LogP contribution in [-0.4, -0.2) is 89.0 Å².